The molecule has 0 unspecified atom stereocenters. The van der Waals surface area contributed by atoms with E-state index in [1.54, 1.807) is 12.1 Å². The fraction of sp³-hybridized carbons (Fsp3) is 0.300. The highest BCUT2D eigenvalue weighted by Gasteiger charge is 2.21. The van der Waals surface area contributed by atoms with Gasteiger partial charge in [-0.3, -0.25) is 9.59 Å². The van der Waals surface area contributed by atoms with Gasteiger partial charge in [-0.2, -0.15) is 0 Å². The number of amides is 2. The average molecular weight is 450 g/mol. The zero-order valence-corrected chi connectivity index (χ0v) is 16.8. The Morgan fingerprint density at radius 3 is 2.20 bits per heavy atom. The molecule has 3 N–H and O–H groups in total. The summed E-state index contributed by atoms with van der Waals surface area (Å²) in [5.74, 6) is -0.838. The maximum absolute atomic E-state index is 12.5. The van der Waals surface area contributed by atoms with Crippen LogP contribution in [0, 0.1) is 3.57 Å². The Hall–Kier alpha value is -1.89. The van der Waals surface area contributed by atoms with Gasteiger partial charge in [0, 0.05) is 15.6 Å². The molecule has 0 aliphatic rings. The quantitative estimate of drug-likeness (QED) is 0.686. The van der Waals surface area contributed by atoms with Crippen molar-refractivity contribution in [2.45, 2.75) is 38.6 Å². The molecule has 0 spiro atoms. The molecule has 4 nitrogen and oxygen atoms in total. The number of nitrogens with two attached hydrogens (primary N) is 1. The molecule has 2 rings (SSSR count). The Kier molecular flexibility index (Phi) is 6.21. The number of nitrogens with one attached hydrogen (secondary N) is 1. The van der Waals surface area contributed by atoms with Gasteiger partial charge in [0.05, 0.1) is 0 Å². The second-order valence-corrected chi connectivity index (χ2v) is 8.21. The summed E-state index contributed by atoms with van der Waals surface area (Å²) in [5.41, 5.74) is 8.15. The van der Waals surface area contributed by atoms with Crippen molar-refractivity contribution in [2.75, 3.05) is 0 Å². The summed E-state index contributed by atoms with van der Waals surface area (Å²) in [7, 11) is 0. The van der Waals surface area contributed by atoms with Crippen LogP contribution in [0.4, 0.5) is 0 Å². The molecule has 25 heavy (non-hydrogen) atoms. The van der Waals surface area contributed by atoms with Gasteiger partial charge in [0.15, 0.2) is 0 Å². The number of carbonyl (C=O) groups excluding carboxylic acids is 2. The van der Waals surface area contributed by atoms with Gasteiger partial charge in [-0.15, -0.1) is 0 Å². The van der Waals surface area contributed by atoms with Gasteiger partial charge in [0.25, 0.3) is 5.91 Å². The SMILES string of the molecule is CC(C)(C)c1ccc(C(=O)N[C@@H](Cc2ccccc2I)C(N)=O)cc1. The van der Waals surface area contributed by atoms with E-state index in [0.717, 1.165) is 14.7 Å². The van der Waals surface area contributed by atoms with Gasteiger partial charge in [-0.05, 0) is 57.3 Å². The van der Waals surface area contributed by atoms with Crippen LogP contribution in [0.2, 0.25) is 0 Å². The minimum absolute atomic E-state index is 0.0226. The third kappa shape index (κ3) is 5.29. The first-order valence-electron chi connectivity index (χ1n) is 8.12. The van der Waals surface area contributed by atoms with Crippen molar-refractivity contribution in [3.63, 3.8) is 0 Å². The standard InChI is InChI=1S/C20H23IN2O2/c1-20(2,3)15-10-8-13(9-11-15)19(25)23-17(18(22)24)12-14-6-4-5-7-16(14)21/h4-11,17H,12H2,1-3H3,(H2,22,24)(H,23,25)/t17-/m0/s1. The zero-order chi connectivity index (χ0) is 18.6. The zero-order valence-electron chi connectivity index (χ0n) is 14.7. The van der Waals surface area contributed by atoms with Crippen LogP contribution in [0.3, 0.4) is 0 Å². The first kappa shape index (κ1) is 19.4. The van der Waals surface area contributed by atoms with E-state index in [-0.39, 0.29) is 11.3 Å². The van der Waals surface area contributed by atoms with E-state index in [1.807, 2.05) is 36.4 Å². The summed E-state index contributed by atoms with van der Waals surface area (Å²) in [6.07, 6.45) is 0.375. The molecule has 0 fully saturated rings. The van der Waals surface area contributed by atoms with Crippen LogP contribution in [-0.4, -0.2) is 17.9 Å². The van der Waals surface area contributed by atoms with Crippen LogP contribution in [0.15, 0.2) is 48.5 Å². The summed E-state index contributed by atoms with van der Waals surface area (Å²) < 4.78 is 1.04. The number of rotatable bonds is 5. The van der Waals surface area contributed by atoms with Crippen molar-refractivity contribution in [1.29, 1.82) is 0 Å². The van der Waals surface area contributed by atoms with Crippen LogP contribution < -0.4 is 11.1 Å². The van der Waals surface area contributed by atoms with Crippen LogP contribution in [0.5, 0.6) is 0 Å². The van der Waals surface area contributed by atoms with Crippen molar-refractivity contribution < 1.29 is 9.59 Å². The summed E-state index contributed by atoms with van der Waals surface area (Å²) in [4.78, 5) is 24.2. The molecule has 2 amide bonds. The molecule has 2 aromatic carbocycles. The molecule has 0 bridgehead atoms. The second-order valence-electron chi connectivity index (χ2n) is 7.05. The van der Waals surface area contributed by atoms with E-state index in [0.29, 0.717) is 12.0 Å². The summed E-state index contributed by atoms with van der Waals surface area (Å²) in [6.45, 7) is 6.35. The smallest absolute Gasteiger partial charge is 0.251 e. The van der Waals surface area contributed by atoms with Gasteiger partial charge in [0.2, 0.25) is 5.91 Å². The Balaban J connectivity index is 2.13. The first-order valence-corrected chi connectivity index (χ1v) is 9.20. The fourth-order valence-electron chi connectivity index (χ4n) is 2.47. The molecule has 1 atom stereocenters. The first-order chi connectivity index (χ1) is 11.7. The van der Waals surface area contributed by atoms with E-state index >= 15 is 0 Å². The number of halogens is 1. The number of carbonyl (C=O) groups is 2. The minimum Gasteiger partial charge on any atom is -0.368 e. The van der Waals surface area contributed by atoms with Crippen molar-refractivity contribution in [3.05, 3.63) is 68.8 Å². The summed E-state index contributed by atoms with van der Waals surface area (Å²) >= 11 is 2.21. The highest BCUT2D eigenvalue weighted by atomic mass is 127. The predicted octanol–water partition coefficient (Wildman–Crippen LogP) is 3.42. The lowest BCUT2D eigenvalue weighted by Crippen LogP contribution is -2.46. The lowest BCUT2D eigenvalue weighted by molar-refractivity contribution is -0.119. The highest BCUT2D eigenvalue weighted by molar-refractivity contribution is 14.1. The van der Waals surface area contributed by atoms with Gasteiger partial charge in [0.1, 0.15) is 6.04 Å². The Morgan fingerprint density at radius 1 is 1.08 bits per heavy atom. The maximum Gasteiger partial charge on any atom is 0.251 e. The topological polar surface area (TPSA) is 72.2 Å². The van der Waals surface area contributed by atoms with Crippen LogP contribution in [0.25, 0.3) is 0 Å². The van der Waals surface area contributed by atoms with Crippen molar-refractivity contribution in [1.82, 2.24) is 5.32 Å². The highest BCUT2D eigenvalue weighted by Crippen LogP contribution is 2.22. The monoisotopic (exact) mass is 450 g/mol. The Labute approximate surface area is 162 Å². The van der Waals surface area contributed by atoms with Gasteiger partial charge >= 0.3 is 0 Å². The summed E-state index contributed by atoms with van der Waals surface area (Å²) in [6, 6.07) is 14.4. The van der Waals surface area contributed by atoms with Crippen molar-refractivity contribution in [2.24, 2.45) is 5.73 Å². The molecule has 5 heteroatoms. The van der Waals surface area contributed by atoms with Crippen molar-refractivity contribution >= 4 is 34.4 Å². The van der Waals surface area contributed by atoms with E-state index in [9.17, 15) is 9.59 Å². The normalized spacial score (nSPS) is 12.5. The number of hydrogen-bond acceptors (Lipinski definition) is 2. The Bertz CT molecular complexity index is 764. The van der Waals surface area contributed by atoms with Crippen molar-refractivity contribution in [3.8, 4) is 0 Å². The molecule has 2 aromatic rings. The number of benzene rings is 2. The average Bonchev–Trinajstić information content (AvgIpc) is 2.55. The second kappa shape index (κ2) is 7.99. The molecule has 132 valence electrons. The van der Waals surface area contributed by atoms with Gasteiger partial charge in [-0.1, -0.05) is 51.1 Å². The maximum atomic E-state index is 12.5. The summed E-state index contributed by atoms with van der Waals surface area (Å²) in [5, 5.41) is 2.75. The molecule has 0 aromatic heterocycles. The predicted molar refractivity (Wildman–Crippen MR) is 108 cm³/mol. The van der Waals surface area contributed by atoms with E-state index in [1.165, 1.54) is 0 Å². The van der Waals surface area contributed by atoms with E-state index < -0.39 is 11.9 Å². The number of primary amides is 1. The molecule has 0 saturated heterocycles. The van der Waals surface area contributed by atoms with Crippen LogP contribution >= 0.6 is 22.6 Å². The molecule has 0 radical (unpaired) electrons. The minimum atomic E-state index is -0.745. The van der Waals surface area contributed by atoms with E-state index in [2.05, 4.69) is 48.7 Å². The van der Waals surface area contributed by atoms with Crippen LogP contribution in [-0.2, 0) is 16.6 Å². The molecule has 0 heterocycles. The molecule has 0 saturated carbocycles. The molecular weight excluding hydrogens is 427 g/mol. The van der Waals surface area contributed by atoms with Gasteiger partial charge < -0.3 is 11.1 Å². The lowest BCUT2D eigenvalue weighted by atomic mass is 9.86. The van der Waals surface area contributed by atoms with E-state index in [4.69, 9.17) is 5.73 Å². The lowest BCUT2D eigenvalue weighted by Gasteiger charge is -2.20. The molecular formula is C20H23IN2O2. The van der Waals surface area contributed by atoms with Gasteiger partial charge in [-0.25, -0.2) is 0 Å². The van der Waals surface area contributed by atoms with Crippen LogP contribution in [0.1, 0.15) is 42.3 Å². The molecule has 0 aliphatic heterocycles. The fourth-order valence-corrected chi connectivity index (χ4v) is 3.08. The Morgan fingerprint density at radius 2 is 1.68 bits per heavy atom. The number of hydrogen-bond donors (Lipinski definition) is 2. The largest absolute Gasteiger partial charge is 0.368 e. The third-order valence-electron chi connectivity index (χ3n) is 4.04. The third-order valence-corrected chi connectivity index (χ3v) is 5.10. The molecule has 0 aliphatic carbocycles.